The van der Waals surface area contributed by atoms with E-state index in [0.717, 1.165) is 27.1 Å². The van der Waals surface area contributed by atoms with Crippen molar-refractivity contribution >= 4 is 11.4 Å². The average molecular weight is 483 g/mol. The number of para-hydroxylation sites is 1. The van der Waals surface area contributed by atoms with Crippen molar-refractivity contribution in [2.24, 2.45) is 5.10 Å². The predicted octanol–water partition coefficient (Wildman–Crippen LogP) is 4.04. The van der Waals surface area contributed by atoms with Crippen LogP contribution in [0.15, 0.2) is 99.6 Å². The molecule has 36 heavy (non-hydrogen) atoms. The smallest absolute Gasteiger partial charge is 0.331 e. The Bertz CT molecular complexity index is 1490. The lowest BCUT2D eigenvalue weighted by atomic mass is 9.98. The van der Waals surface area contributed by atoms with Crippen LogP contribution in [0.4, 0.5) is 5.69 Å². The molecule has 0 amide bonds. The van der Waals surface area contributed by atoms with Gasteiger partial charge in [-0.05, 0) is 42.3 Å². The third-order valence-electron chi connectivity index (χ3n) is 6.15. The maximum atomic E-state index is 12.9. The number of hydrogen-bond acceptors (Lipinski definition) is 6. The fourth-order valence-electron chi connectivity index (χ4n) is 4.43. The lowest BCUT2D eigenvalue weighted by Gasteiger charge is -2.24. The van der Waals surface area contributed by atoms with Crippen molar-refractivity contribution in [2.75, 3.05) is 11.6 Å². The number of hydrazone groups is 1. The Morgan fingerprint density at radius 3 is 2.31 bits per heavy atom. The van der Waals surface area contributed by atoms with Crippen molar-refractivity contribution in [3.63, 3.8) is 0 Å². The second-order valence-corrected chi connectivity index (χ2v) is 8.48. The van der Waals surface area contributed by atoms with E-state index in [9.17, 15) is 14.7 Å². The number of hydrogen-bond donors (Lipinski definition) is 2. The third-order valence-corrected chi connectivity index (χ3v) is 6.15. The summed E-state index contributed by atoms with van der Waals surface area (Å²) in [6, 6.07) is 26.5. The van der Waals surface area contributed by atoms with E-state index in [2.05, 4.69) is 4.98 Å². The van der Waals surface area contributed by atoms with Gasteiger partial charge in [0.2, 0.25) is 5.88 Å². The van der Waals surface area contributed by atoms with E-state index in [4.69, 9.17) is 9.84 Å². The minimum atomic E-state index is -0.674. The van der Waals surface area contributed by atoms with E-state index < -0.39 is 17.1 Å². The van der Waals surface area contributed by atoms with E-state index >= 15 is 0 Å². The monoisotopic (exact) mass is 482 g/mol. The van der Waals surface area contributed by atoms with Gasteiger partial charge in [0, 0.05) is 6.42 Å². The van der Waals surface area contributed by atoms with Crippen LogP contribution in [0.1, 0.15) is 36.1 Å². The van der Waals surface area contributed by atoms with Gasteiger partial charge in [0.25, 0.3) is 5.56 Å². The van der Waals surface area contributed by atoms with Crippen LogP contribution in [-0.2, 0) is 6.54 Å². The SMILES string of the molecule is CCOc1ccc(C2CC(c3c(O)n(Cc4ccccc4)c(=O)[nH]c3=O)=NN2c2ccccc2)cc1. The summed E-state index contributed by atoms with van der Waals surface area (Å²) < 4.78 is 6.74. The highest BCUT2D eigenvalue weighted by atomic mass is 16.5. The van der Waals surface area contributed by atoms with Gasteiger partial charge < -0.3 is 9.84 Å². The molecule has 1 aliphatic heterocycles. The Morgan fingerprint density at radius 2 is 1.64 bits per heavy atom. The molecule has 0 aliphatic carbocycles. The Morgan fingerprint density at radius 1 is 0.972 bits per heavy atom. The molecule has 1 atom stereocenters. The molecule has 8 heteroatoms. The van der Waals surface area contributed by atoms with Crippen LogP contribution in [0.25, 0.3) is 0 Å². The summed E-state index contributed by atoms with van der Waals surface area (Å²) in [6.45, 7) is 2.63. The molecule has 2 heterocycles. The maximum absolute atomic E-state index is 12.9. The third kappa shape index (κ3) is 4.53. The predicted molar refractivity (Wildman–Crippen MR) is 139 cm³/mol. The highest BCUT2D eigenvalue weighted by Gasteiger charge is 2.33. The molecule has 0 spiro atoms. The van der Waals surface area contributed by atoms with Crippen LogP contribution in [0.5, 0.6) is 11.6 Å². The van der Waals surface area contributed by atoms with Crippen LogP contribution in [0, 0.1) is 0 Å². The van der Waals surface area contributed by atoms with E-state index in [1.165, 1.54) is 0 Å². The van der Waals surface area contributed by atoms with Crippen molar-refractivity contribution in [2.45, 2.75) is 25.9 Å². The molecular weight excluding hydrogens is 456 g/mol. The van der Waals surface area contributed by atoms with Crippen LogP contribution in [0.3, 0.4) is 0 Å². The van der Waals surface area contributed by atoms with Gasteiger partial charge in [0.1, 0.15) is 11.3 Å². The van der Waals surface area contributed by atoms with Crippen molar-refractivity contribution in [3.8, 4) is 11.6 Å². The molecule has 0 fully saturated rings. The van der Waals surface area contributed by atoms with E-state index in [-0.39, 0.29) is 18.2 Å². The van der Waals surface area contributed by atoms with E-state index in [0.29, 0.717) is 18.7 Å². The Kier molecular flexibility index (Phi) is 6.40. The van der Waals surface area contributed by atoms with Gasteiger partial charge in [0.05, 0.1) is 30.6 Å². The first kappa shape index (κ1) is 23.2. The van der Waals surface area contributed by atoms with Gasteiger partial charge in [-0.15, -0.1) is 0 Å². The van der Waals surface area contributed by atoms with Gasteiger partial charge in [-0.1, -0.05) is 60.7 Å². The summed E-state index contributed by atoms with van der Waals surface area (Å²) in [5.41, 5.74) is 1.71. The van der Waals surface area contributed by atoms with Gasteiger partial charge in [0.15, 0.2) is 0 Å². The lowest BCUT2D eigenvalue weighted by molar-refractivity contribution is 0.340. The van der Waals surface area contributed by atoms with Crippen LogP contribution in [-0.4, -0.2) is 27.0 Å². The number of rotatable bonds is 7. The summed E-state index contributed by atoms with van der Waals surface area (Å²) in [4.78, 5) is 27.8. The molecule has 0 bridgehead atoms. The van der Waals surface area contributed by atoms with Gasteiger partial charge in [-0.3, -0.25) is 19.4 Å². The zero-order valence-corrected chi connectivity index (χ0v) is 19.8. The maximum Gasteiger partial charge on any atom is 0.331 e. The number of aromatic nitrogens is 2. The fraction of sp³-hybridized carbons (Fsp3) is 0.179. The Balaban J connectivity index is 1.57. The van der Waals surface area contributed by atoms with E-state index in [1.54, 1.807) is 0 Å². The number of anilines is 1. The molecule has 0 saturated heterocycles. The van der Waals surface area contributed by atoms with Crippen LogP contribution >= 0.6 is 0 Å². The number of H-pyrrole nitrogens is 1. The summed E-state index contributed by atoms with van der Waals surface area (Å²) in [7, 11) is 0. The number of aromatic hydroxyl groups is 1. The van der Waals surface area contributed by atoms with Crippen molar-refractivity contribution in [1.82, 2.24) is 9.55 Å². The lowest BCUT2D eigenvalue weighted by Crippen LogP contribution is -2.34. The zero-order chi connectivity index (χ0) is 25.1. The molecule has 2 N–H and O–H groups in total. The van der Waals surface area contributed by atoms with Crippen molar-refractivity contribution in [1.29, 1.82) is 0 Å². The molecule has 0 saturated carbocycles. The number of aromatic amines is 1. The standard InChI is InChI=1S/C28H26N4O4/c1-2-36-22-15-13-20(14-16-22)24-17-23(30-32(24)21-11-7-4-8-12-21)25-26(33)29-28(35)31(27(25)34)18-19-9-5-3-6-10-19/h3-16,24,34H,2,17-18H2,1H3,(H,29,33,35). The summed E-state index contributed by atoms with van der Waals surface area (Å²) in [5.74, 6) is 0.375. The van der Waals surface area contributed by atoms with Gasteiger partial charge >= 0.3 is 5.69 Å². The Labute approximate surface area is 207 Å². The number of nitrogens with one attached hydrogen (secondary N) is 1. The molecule has 182 valence electrons. The number of ether oxygens (including phenoxy) is 1. The number of nitrogens with zero attached hydrogens (tertiary/aromatic N) is 3. The minimum absolute atomic E-state index is 0.0000938. The minimum Gasteiger partial charge on any atom is -0.494 e. The fourth-order valence-corrected chi connectivity index (χ4v) is 4.43. The largest absolute Gasteiger partial charge is 0.494 e. The Hall–Kier alpha value is -4.59. The second-order valence-electron chi connectivity index (χ2n) is 8.48. The van der Waals surface area contributed by atoms with Crippen LogP contribution < -0.4 is 21.0 Å². The molecule has 0 radical (unpaired) electrons. The van der Waals surface area contributed by atoms with Crippen LogP contribution in [0.2, 0.25) is 0 Å². The first-order chi connectivity index (χ1) is 17.5. The highest BCUT2D eigenvalue weighted by Crippen LogP contribution is 2.37. The topological polar surface area (TPSA) is 99.9 Å². The molecular formula is C28H26N4O4. The second kappa shape index (κ2) is 9.95. The quantitative estimate of drug-likeness (QED) is 0.414. The molecule has 1 aliphatic rings. The molecule has 1 aromatic heterocycles. The van der Waals surface area contributed by atoms with Gasteiger partial charge in [-0.2, -0.15) is 5.10 Å². The summed E-state index contributed by atoms with van der Waals surface area (Å²) in [6.07, 6.45) is 0.364. The normalized spacial score (nSPS) is 15.1. The molecule has 8 nitrogen and oxygen atoms in total. The first-order valence-electron chi connectivity index (χ1n) is 11.8. The number of benzene rings is 3. The average Bonchev–Trinajstić information content (AvgIpc) is 3.33. The molecule has 1 unspecified atom stereocenters. The summed E-state index contributed by atoms with van der Waals surface area (Å²) >= 11 is 0. The van der Waals surface area contributed by atoms with Gasteiger partial charge in [-0.25, -0.2) is 4.79 Å². The van der Waals surface area contributed by atoms with Crippen molar-refractivity contribution in [3.05, 3.63) is 122 Å². The molecule has 5 rings (SSSR count). The molecule has 4 aromatic rings. The zero-order valence-electron chi connectivity index (χ0n) is 19.8. The molecule has 3 aromatic carbocycles. The summed E-state index contributed by atoms with van der Waals surface area (Å²) in [5, 5.41) is 17.7. The highest BCUT2D eigenvalue weighted by molar-refractivity contribution is 6.04. The first-order valence-corrected chi connectivity index (χ1v) is 11.8. The van der Waals surface area contributed by atoms with Crippen molar-refractivity contribution < 1.29 is 9.84 Å². The van der Waals surface area contributed by atoms with E-state index in [1.807, 2.05) is 96.9 Å².